The first-order chi connectivity index (χ1) is 7.20. The molecule has 3 atom stereocenters. The maximum absolute atomic E-state index is 11.3. The van der Waals surface area contributed by atoms with E-state index in [1.807, 2.05) is 0 Å². The monoisotopic (exact) mass is 212 g/mol. The summed E-state index contributed by atoms with van der Waals surface area (Å²) in [5.74, 6) is -0.231. The standard InChI is InChI=1S/C11H20N2O2/c12-11(15)9-5-3-7-13(9)8-4-1-2-6-10(8)14/h8-10,14H,1-7H2,(H2,12,15)/t8-,9-,10?/m0/s1. The highest BCUT2D eigenvalue weighted by Gasteiger charge is 2.37. The molecule has 0 aromatic rings. The highest BCUT2D eigenvalue weighted by atomic mass is 16.3. The van der Waals surface area contributed by atoms with Crippen molar-refractivity contribution >= 4 is 5.91 Å². The van der Waals surface area contributed by atoms with Gasteiger partial charge < -0.3 is 10.8 Å². The molecule has 1 saturated heterocycles. The molecule has 1 amide bonds. The molecule has 3 N–H and O–H groups in total. The van der Waals surface area contributed by atoms with Crippen LogP contribution in [0.15, 0.2) is 0 Å². The zero-order chi connectivity index (χ0) is 10.8. The number of carbonyl (C=O) groups excluding carboxylic acids is 1. The number of primary amides is 1. The number of nitrogens with zero attached hydrogens (tertiary/aromatic N) is 1. The molecule has 0 aromatic heterocycles. The van der Waals surface area contributed by atoms with Gasteiger partial charge >= 0.3 is 0 Å². The Balaban J connectivity index is 2.04. The molecule has 2 aliphatic rings. The SMILES string of the molecule is NC(=O)[C@@H]1CCCN1[C@H]1CCCCC1O. The van der Waals surface area contributed by atoms with Crippen LogP contribution in [0.3, 0.4) is 0 Å². The normalized spacial score (nSPS) is 38.1. The van der Waals surface area contributed by atoms with Crippen LogP contribution in [0.5, 0.6) is 0 Å². The maximum Gasteiger partial charge on any atom is 0.234 e. The molecule has 86 valence electrons. The van der Waals surface area contributed by atoms with Crippen LogP contribution in [0.1, 0.15) is 38.5 Å². The molecule has 0 radical (unpaired) electrons. The molecule has 1 heterocycles. The summed E-state index contributed by atoms with van der Waals surface area (Å²) in [6, 6.07) is 0.0292. The lowest BCUT2D eigenvalue weighted by Gasteiger charge is -2.37. The second kappa shape index (κ2) is 4.49. The van der Waals surface area contributed by atoms with Crippen molar-refractivity contribution in [2.45, 2.75) is 56.7 Å². The van der Waals surface area contributed by atoms with E-state index in [9.17, 15) is 9.90 Å². The summed E-state index contributed by atoms with van der Waals surface area (Å²) in [5.41, 5.74) is 5.38. The Kier molecular flexibility index (Phi) is 3.26. The third-order valence-electron chi connectivity index (χ3n) is 3.74. The quantitative estimate of drug-likeness (QED) is 0.689. The summed E-state index contributed by atoms with van der Waals surface area (Å²) < 4.78 is 0. The first kappa shape index (κ1) is 10.9. The Hall–Kier alpha value is -0.610. The number of carbonyl (C=O) groups is 1. The van der Waals surface area contributed by atoms with Gasteiger partial charge in [0, 0.05) is 6.04 Å². The van der Waals surface area contributed by atoms with Crippen LogP contribution < -0.4 is 5.73 Å². The fraction of sp³-hybridized carbons (Fsp3) is 0.909. The van der Waals surface area contributed by atoms with Crippen molar-refractivity contribution in [1.82, 2.24) is 4.90 Å². The van der Waals surface area contributed by atoms with Gasteiger partial charge in [-0.1, -0.05) is 12.8 Å². The third kappa shape index (κ3) is 2.16. The summed E-state index contributed by atoms with van der Waals surface area (Å²) in [6.45, 7) is 0.912. The molecule has 1 aliphatic heterocycles. The van der Waals surface area contributed by atoms with E-state index in [1.165, 1.54) is 0 Å². The molecule has 4 heteroatoms. The van der Waals surface area contributed by atoms with E-state index < -0.39 is 0 Å². The van der Waals surface area contributed by atoms with Crippen molar-refractivity contribution in [2.24, 2.45) is 5.73 Å². The van der Waals surface area contributed by atoms with E-state index >= 15 is 0 Å². The van der Waals surface area contributed by atoms with Crippen molar-refractivity contribution in [3.05, 3.63) is 0 Å². The zero-order valence-electron chi connectivity index (χ0n) is 9.06. The van der Waals surface area contributed by atoms with E-state index in [0.29, 0.717) is 0 Å². The van der Waals surface area contributed by atoms with E-state index in [0.717, 1.165) is 45.1 Å². The topological polar surface area (TPSA) is 66.6 Å². The number of rotatable bonds is 2. The molecule has 0 bridgehead atoms. The van der Waals surface area contributed by atoms with Crippen LogP contribution >= 0.6 is 0 Å². The highest BCUT2D eigenvalue weighted by Crippen LogP contribution is 2.29. The second-order valence-corrected chi connectivity index (χ2v) is 4.72. The first-order valence-corrected chi connectivity index (χ1v) is 5.93. The Labute approximate surface area is 90.4 Å². The lowest BCUT2D eigenvalue weighted by molar-refractivity contribution is -0.124. The van der Waals surface area contributed by atoms with E-state index in [4.69, 9.17) is 5.73 Å². The summed E-state index contributed by atoms with van der Waals surface area (Å²) in [6.07, 6.45) is 5.75. The molecular weight excluding hydrogens is 192 g/mol. The zero-order valence-corrected chi connectivity index (χ0v) is 9.06. The van der Waals surface area contributed by atoms with Crippen LogP contribution in [0.2, 0.25) is 0 Å². The number of hydrogen-bond acceptors (Lipinski definition) is 3. The minimum absolute atomic E-state index is 0.136. The lowest BCUT2D eigenvalue weighted by Crippen LogP contribution is -2.51. The maximum atomic E-state index is 11.3. The molecule has 0 aromatic carbocycles. The minimum Gasteiger partial charge on any atom is -0.391 e. The Morgan fingerprint density at radius 3 is 2.60 bits per heavy atom. The molecule has 0 spiro atoms. The van der Waals surface area contributed by atoms with E-state index in [2.05, 4.69) is 4.90 Å². The van der Waals surface area contributed by atoms with Crippen molar-refractivity contribution in [3.8, 4) is 0 Å². The predicted octanol–water partition coefficient (Wildman–Crippen LogP) is 0.240. The summed E-state index contributed by atoms with van der Waals surface area (Å²) in [7, 11) is 0. The Morgan fingerprint density at radius 2 is 1.93 bits per heavy atom. The van der Waals surface area contributed by atoms with Crippen LogP contribution in [-0.4, -0.2) is 40.6 Å². The predicted molar refractivity (Wildman–Crippen MR) is 57.2 cm³/mol. The number of aliphatic hydroxyl groups is 1. The van der Waals surface area contributed by atoms with Gasteiger partial charge in [-0.05, 0) is 32.2 Å². The molecule has 1 unspecified atom stereocenters. The number of aliphatic hydroxyl groups excluding tert-OH is 1. The molecular formula is C11H20N2O2. The first-order valence-electron chi connectivity index (χ1n) is 5.93. The minimum atomic E-state index is -0.265. The summed E-state index contributed by atoms with van der Waals surface area (Å²) >= 11 is 0. The van der Waals surface area contributed by atoms with Gasteiger partial charge in [-0.3, -0.25) is 9.69 Å². The third-order valence-corrected chi connectivity index (χ3v) is 3.74. The van der Waals surface area contributed by atoms with Gasteiger partial charge in [0.05, 0.1) is 12.1 Å². The fourth-order valence-corrected chi connectivity index (χ4v) is 2.97. The van der Waals surface area contributed by atoms with Gasteiger partial charge in [0.2, 0.25) is 5.91 Å². The van der Waals surface area contributed by atoms with Crippen LogP contribution in [0.4, 0.5) is 0 Å². The second-order valence-electron chi connectivity index (χ2n) is 4.72. The highest BCUT2D eigenvalue weighted by molar-refractivity contribution is 5.80. The van der Waals surface area contributed by atoms with E-state index in [-0.39, 0.29) is 24.1 Å². The Bertz CT molecular complexity index is 245. The molecule has 1 saturated carbocycles. The van der Waals surface area contributed by atoms with E-state index in [1.54, 1.807) is 0 Å². The van der Waals surface area contributed by atoms with Gasteiger partial charge in [0.1, 0.15) is 0 Å². The van der Waals surface area contributed by atoms with Gasteiger partial charge in [0.15, 0.2) is 0 Å². The summed E-state index contributed by atoms with van der Waals surface area (Å²) in [5, 5.41) is 9.94. The van der Waals surface area contributed by atoms with Gasteiger partial charge in [-0.25, -0.2) is 0 Å². The van der Waals surface area contributed by atoms with Crippen molar-refractivity contribution in [3.63, 3.8) is 0 Å². The largest absolute Gasteiger partial charge is 0.391 e. The molecule has 1 aliphatic carbocycles. The van der Waals surface area contributed by atoms with Gasteiger partial charge in [0.25, 0.3) is 0 Å². The van der Waals surface area contributed by atoms with Crippen LogP contribution in [0, 0.1) is 0 Å². The number of hydrogen-bond donors (Lipinski definition) is 2. The molecule has 2 fully saturated rings. The number of nitrogens with two attached hydrogens (primary N) is 1. The molecule has 2 rings (SSSR count). The molecule has 4 nitrogen and oxygen atoms in total. The molecule has 15 heavy (non-hydrogen) atoms. The van der Waals surface area contributed by atoms with Gasteiger partial charge in [-0.15, -0.1) is 0 Å². The van der Waals surface area contributed by atoms with Crippen molar-refractivity contribution in [1.29, 1.82) is 0 Å². The van der Waals surface area contributed by atoms with Crippen LogP contribution in [0.25, 0.3) is 0 Å². The Morgan fingerprint density at radius 1 is 1.20 bits per heavy atom. The van der Waals surface area contributed by atoms with Gasteiger partial charge in [-0.2, -0.15) is 0 Å². The average molecular weight is 212 g/mol. The van der Waals surface area contributed by atoms with Crippen molar-refractivity contribution < 1.29 is 9.90 Å². The average Bonchev–Trinajstić information content (AvgIpc) is 2.67. The number of amides is 1. The van der Waals surface area contributed by atoms with Crippen LogP contribution in [-0.2, 0) is 4.79 Å². The lowest BCUT2D eigenvalue weighted by atomic mass is 9.91. The fourth-order valence-electron chi connectivity index (χ4n) is 2.97. The summed E-state index contributed by atoms with van der Waals surface area (Å²) in [4.78, 5) is 13.4. The smallest absolute Gasteiger partial charge is 0.234 e. The van der Waals surface area contributed by atoms with Crippen molar-refractivity contribution in [2.75, 3.05) is 6.54 Å². The number of likely N-dealkylation sites (tertiary alicyclic amines) is 1.